The normalized spacial score (nSPS) is 10.9. The van der Waals surface area contributed by atoms with Crippen LogP contribution in [0.15, 0.2) is 47.3 Å². The van der Waals surface area contributed by atoms with E-state index < -0.39 is 5.56 Å². The zero-order valence-corrected chi connectivity index (χ0v) is 20.5. The lowest BCUT2D eigenvalue weighted by Crippen LogP contribution is -2.35. The van der Waals surface area contributed by atoms with Crippen molar-refractivity contribution < 1.29 is 14.3 Å². The topological polar surface area (TPSA) is 95.3 Å². The molecule has 0 atom stereocenters. The second kappa shape index (κ2) is 10.2. The molecule has 2 aromatic carbocycles. The minimum absolute atomic E-state index is 0.210. The standard InChI is InChI=1S/C24H23ClN4O4S/c1-14-27-22-23(34-14)21(16-5-7-17(25)8-6-16)28-29(24(22)31)13-20(30)26-11-10-15-4-9-18(32-2)19(12-15)33-3/h4-9,12H,10-11,13H2,1-3H3,(H,26,30). The molecule has 176 valence electrons. The van der Waals surface area contributed by atoms with Gasteiger partial charge in [-0.1, -0.05) is 29.8 Å². The van der Waals surface area contributed by atoms with E-state index in [1.807, 2.05) is 37.3 Å². The van der Waals surface area contributed by atoms with Crippen LogP contribution in [0.25, 0.3) is 21.5 Å². The van der Waals surface area contributed by atoms with Gasteiger partial charge in [-0.3, -0.25) is 9.59 Å². The molecule has 8 nitrogen and oxygen atoms in total. The minimum atomic E-state index is -0.396. The molecule has 2 heterocycles. The number of nitrogens with one attached hydrogen (secondary N) is 1. The van der Waals surface area contributed by atoms with Crippen LogP contribution >= 0.6 is 22.9 Å². The first-order valence-corrected chi connectivity index (χ1v) is 11.7. The zero-order chi connectivity index (χ0) is 24.2. The summed E-state index contributed by atoms with van der Waals surface area (Å²) >= 11 is 7.42. The number of fused-ring (bicyclic) bond motifs is 1. The lowest BCUT2D eigenvalue weighted by molar-refractivity contribution is -0.121. The second-order valence-electron chi connectivity index (χ2n) is 7.52. The molecular weight excluding hydrogens is 476 g/mol. The Bertz CT molecular complexity index is 1400. The molecule has 1 amide bonds. The smallest absolute Gasteiger partial charge is 0.294 e. The molecule has 0 spiro atoms. The highest BCUT2D eigenvalue weighted by Crippen LogP contribution is 2.30. The summed E-state index contributed by atoms with van der Waals surface area (Å²) in [5.41, 5.74) is 2.28. The van der Waals surface area contributed by atoms with E-state index in [0.29, 0.717) is 45.4 Å². The fourth-order valence-electron chi connectivity index (χ4n) is 3.54. The highest BCUT2D eigenvalue weighted by Gasteiger charge is 2.18. The quantitative estimate of drug-likeness (QED) is 0.396. The number of amides is 1. The fraction of sp³-hybridized carbons (Fsp3) is 0.250. The number of methoxy groups -OCH3 is 2. The first kappa shape index (κ1) is 23.7. The molecule has 4 aromatic rings. The van der Waals surface area contributed by atoms with Gasteiger partial charge in [0.15, 0.2) is 17.0 Å². The molecule has 2 aromatic heterocycles. The number of hydrogen-bond donors (Lipinski definition) is 1. The number of nitrogens with zero attached hydrogens (tertiary/aromatic N) is 3. The summed E-state index contributed by atoms with van der Waals surface area (Å²) in [6.07, 6.45) is 0.592. The van der Waals surface area contributed by atoms with Crippen molar-refractivity contribution in [1.82, 2.24) is 20.1 Å². The van der Waals surface area contributed by atoms with Crippen LogP contribution < -0.4 is 20.3 Å². The molecule has 0 aliphatic carbocycles. The highest BCUT2D eigenvalue weighted by atomic mass is 35.5. The number of aryl methyl sites for hydroxylation is 1. The Hall–Kier alpha value is -3.43. The van der Waals surface area contributed by atoms with E-state index in [2.05, 4.69) is 15.4 Å². The summed E-state index contributed by atoms with van der Waals surface area (Å²) < 4.78 is 12.4. The van der Waals surface area contributed by atoms with E-state index in [4.69, 9.17) is 21.1 Å². The molecule has 34 heavy (non-hydrogen) atoms. The van der Waals surface area contributed by atoms with Crippen molar-refractivity contribution in [1.29, 1.82) is 0 Å². The van der Waals surface area contributed by atoms with E-state index in [1.54, 1.807) is 26.4 Å². The molecule has 0 aliphatic heterocycles. The van der Waals surface area contributed by atoms with Gasteiger partial charge < -0.3 is 14.8 Å². The number of carbonyl (C=O) groups is 1. The van der Waals surface area contributed by atoms with E-state index in [-0.39, 0.29) is 12.5 Å². The van der Waals surface area contributed by atoms with E-state index in [9.17, 15) is 9.59 Å². The number of carbonyl (C=O) groups excluding carboxylic acids is 1. The predicted molar refractivity (Wildman–Crippen MR) is 133 cm³/mol. The number of hydrogen-bond acceptors (Lipinski definition) is 7. The van der Waals surface area contributed by atoms with Crippen molar-refractivity contribution in [3.8, 4) is 22.8 Å². The molecule has 10 heteroatoms. The first-order chi connectivity index (χ1) is 16.4. The van der Waals surface area contributed by atoms with Gasteiger partial charge in [-0.05, 0) is 43.2 Å². The van der Waals surface area contributed by atoms with Gasteiger partial charge >= 0.3 is 0 Å². The number of ether oxygens (including phenoxy) is 2. The Morgan fingerprint density at radius 3 is 2.56 bits per heavy atom. The second-order valence-corrected chi connectivity index (χ2v) is 9.16. The van der Waals surface area contributed by atoms with Crippen LogP contribution in [0, 0.1) is 6.92 Å². The number of thiazole rings is 1. The third kappa shape index (κ3) is 5.05. The van der Waals surface area contributed by atoms with Gasteiger partial charge in [0.25, 0.3) is 5.56 Å². The molecule has 0 unspecified atom stereocenters. The maximum Gasteiger partial charge on any atom is 0.294 e. The summed E-state index contributed by atoms with van der Waals surface area (Å²) in [5.74, 6) is 0.956. The van der Waals surface area contributed by atoms with Crippen molar-refractivity contribution >= 4 is 39.1 Å². The van der Waals surface area contributed by atoms with Gasteiger partial charge in [0.05, 0.1) is 23.9 Å². The van der Waals surface area contributed by atoms with Crippen LogP contribution in [0.1, 0.15) is 10.6 Å². The highest BCUT2D eigenvalue weighted by molar-refractivity contribution is 7.19. The van der Waals surface area contributed by atoms with Crippen molar-refractivity contribution in [2.75, 3.05) is 20.8 Å². The molecule has 0 radical (unpaired) electrons. The van der Waals surface area contributed by atoms with Gasteiger partial charge in [0.2, 0.25) is 5.91 Å². The first-order valence-electron chi connectivity index (χ1n) is 10.5. The van der Waals surface area contributed by atoms with Gasteiger partial charge in [0, 0.05) is 17.1 Å². The van der Waals surface area contributed by atoms with Crippen LogP contribution in [-0.2, 0) is 17.8 Å². The van der Waals surface area contributed by atoms with Crippen molar-refractivity contribution in [2.24, 2.45) is 0 Å². The number of halogens is 1. The molecular formula is C24H23ClN4O4S. The van der Waals surface area contributed by atoms with Crippen molar-refractivity contribution in [2.45, 2.75) is 19.9 Å². The minimum Gasteiger partial charge on any atom is -0.493 e. The molecule has 0 bridgehead atoms. The Morgan fingerprint density at radius 1 is 1.12 bits per heavy atom. The number of aromatic nitrogens is 3. The fourth-order valence-corrected chi connectivity index (χ4v) is 4.59. The zero-order valence-electron chi connectivity index (χ0n) is 18.9. The van der Waals surface area contributed by atoms with Crippen molar-refractivity contribution in [3.05, 3.63) is 68.4 Å². The third-order valence-electron chi connectivity index (χ3n) is 5.20. The molecule has 0 saturated heterocycles. The average Bonchev–Trinajstić information content (AvgIpc) is 3.23. The molecule has 0 saturated carbocycles. The van der Waals surface area contributed by atoms with Gasteiger partial charge in [0.1, 0.15) is 12.2 Å². The van der Waals surface area contributed by atoms with E-state index in [0.717, 1.165) is 20.8 Å². The summed E-state index contributed by atoms with van der Waals surface area (Å²) in [5, 5.41) is 8.70. The van der Waals surface area contributed by atoms with Crippen LogP contribution in [0.5, 0.6) is 11.5 Å². The molecule has 1 N–H and O–H groups in total. The summed E-state index contributed by atoms with van der Waals surface area (Å²) in [7, 11) is 3.16. The monoisotopic (exact) mass is 498 g/mol. The summed E-state index contributed by atoms with van der Waals surface area (Å²) in [6, 6.07) is 12.8. The Labute approximate surface area is 205 Å². The number of benzene rings is 2. The van der Waals surface area contributed by atoms with Crippen LogP contribution in [0.2, 0.25) is 5.02 Å². The van der Waals surface area contributed by atoms with Gasteiger partial charge in [-0.25, -0.2) is 9.67 Å². The maximum absolute atomic E-state index is 13.0. The lowest BCUT2D eigenvalue weighted by atomic mass is 10.1. The van der Waals surface area contributed by atoms with Gasteiger partial charge in [-0.2, -0.15) is 5.10 Å². The van der Waals surface area contributed by atoms with E-state index in [1.165, 1.54) is 11.3 Å². The van der Waals surface area contributed by atoms with Crippen molar-refractivity contribution in [3.63, 3.8) is 0 Å². The summed E-state index contributed by atoms with van der Waals surface area (Å²) in [6.45, 7) is 2.02. The SMILES string of the molecule is COc1ccc(CCNC(=O)Cn2nc(-c3ccc(Cl)cc3)c3sc(C)nc3c2=O)cc1OC. The number of rotatable bonds is 8. The molecule has 0 aliphatic rings. The third-order valence-corrected chi connectivity index (χ3v) is 6.43. The average molecular weight is 499 g/mol. The molecule has 4 rings (SSSR count). The summed E-state index contributed by atoms with van der Waals surface area (Å²) in [4.78, 5) is 30.0. The maximum atomic E-state index is 13.0. The van der Waals surface area contributed by atoms with Crippen LogP contribution in [0.3, 0.4) is 0 Å². The predicted octanol–water partition coefficient (Wildman–Crippen LogP) is 3.86. The largest absolute Gasteiger partial charge is 0.493 e. The van der Waals surface area contributed by atoms with E-state index >= 15 is 0 Å². The lowest BCUT2D eigenvalue weighted by Gasteiger charge is -2.11. The Balaban J connectivity index is 1.51. The Morgan fingerprint density at radius 2 is 1.85 bits per heavy atom. The molecule has 0 fully saturated rings. The Kier molecular flexibility index (Phi) is 7.14. The van der Waals surface area contributed by atoms with Crippen LogP contribution in [0.4, 0.5) is 0 Å². The van der Waals surface area contributed by atoms with Crippen LogP contribution in [-0.4, -0.2) is 41.4 Å². The van der Waals surface area contributed by atoms with Gasteiger partial charge in [-0.15, -0.1) is 11.3 Å².